The van der Waals surface area contributed by atoms with Gasteiger partial charge in [0, 0.05) is 21.2 Å². The summed E-state index contributed by atoms with van der Waals surface area (Å²) in [6.07, 6.45) is 0. The molecule has 0 unspecified atom stereocenters. The molecular weight excluding hydrogens is 182 g/mol. The smallest absolute Gasteiger partial charge is 0.188 e. The van der Waals surface area contributed by atoms with Crippen molar-refractivity contribution < 1.29 is 14.6 Å². The van der Waals surface area contributed by atoms with Crippen LogP contribution in [0.4, 0.5) is 5.69 Å². The summed E-state index contributed by atoms with van der Waals surface area (Å²) in [4.78, 5) is 1.79. The van der Waals surface area contributed by atoms with Crippen LogP contribution in [0.1, 0.15) is 0 Å². The third kappa shape index (κ3) is 2.29. The van der Waals surface area contributed by atoms with Crippen molar-refractivity contribution in [3.8, 4) is 11.5 Å². The van der Waals surface area contributed by atoms with Gasteiger partial charge in [-0.15, -0.1) is 0 Å². The second kappa shape index (κ2) is 4.72. The molecule has 0 amide bonds. The lowest BCUT2D eigenvalue weighted by molar-refractivity contribution is 0.0514. The summed E-state index contributed by atoms with van der Waals surface area (Å²) in [5.74, 6) is 0.806. The maximum atomic E-state index is 9.60. The summed E-state index contributed by atoms with van der Waals surface area (Å²) in [6, 6.07) is 5.14. The highest BCUT2D eigenvalue weighted by molar-refractivity contribution is 5.66. The largest absolute Gasteiger partial charge is 0.506 e. The summed E-state index contributed by atoms with van der Waals surface area (Å²) in [5, 5.41) is 9.60. The lowest BCUT2D eigenvalue weighted by atomic mass is 10.2. The van der Waals surface area contributed by atoms with Crippen molar-refractivity contribution in [1.82, 2.24) is 0 Å². The van der Waals surface area contributed by atoms with E-state index in [2.05, 4.69) is 0 Å². The molecule has 1 rings (SSSR count). The predicted octanol–water partition coefficient (Wildman–Crippen LogP) is 1.44. The number of benzene rings is 1. The van der Waals surface area contributed by atoms with Crippen LogP contribution in [0.15, 0.2) is 18.2 Å². The zero-order valence-corrected chi connectivity index (χ0v) is 8.65. The fourth-order valence-corrected chi connectivity index (χ4v) is 1.20. The van der Waals surface area contributed by atoms with Gasteiger partial charge >= 0.3 is 0 Å². The third-order valence-corrected chi connectivity index (χ3v) is 1.76. The zero-order valence-electron chi connectivity index (χ0n) is 8.65. The van der Waals surface area contributed by atoms with Crippen molar-refractivity contribution in [2.45, 2.75) is 0 Å². The van der Waals surface area contributed by atoms with Gasteiger partial charge in [0.25, 0.3) is 0 Å². The van der Waals surface area contributed by atoms with E-state index in [9.17, 15) is 5.11 Å². The first-order valence-corrected chi connectivity index (χ1v) is 4.28. The summed E-state index contributed by atoms with van der Waals surface area (Å²) in [6.45, 7) is 0.171. The molecule has 1 aromatic carbocycles. The Morgan fingerprint density at radius 1 is 1.36 bits per heavy atom. The van der Waals surface area contributed by atoms with Gasteiger partial charge in [-0.3, -0.25) is 0 Å². The quantitative estimate of drug-likeness (QED) is 0.742. The predicted molar refractivity (Wildman–Crippen MR) is 54.9 cm³/mol. The number of anilines is 1. The van der Waals surface area contributed by atoms with Gasteiger partial charge in [-0.2, -0.15) is 0 Å². The van der Waals surface area contributed by atoms with Gasteiger partial charge in [0.2, 0.25) is 0 Å². The molecule has 0 heterocycles. The summed E-state index contributed by atoms with van der Waals surface area (Å²) in [5.41, 5.74) is 0.657. The van der Waals surface area contributed by atoms with Gasteiger partial charge in [0.15, 0.2) is 6.79 Å². The van der Waals surface area contributed by atoms with Crippen molar-refractivity contribution in [3.63, 3.8) is 0 Å². The molecule has 0 aliphatic carbocycles. The Kier molecular flexibility index (Phi) is 3.59. The van der Waals surface area contributed by atoms with Crippen LogP contribution in [0.25, 0.3) is 0 Å². The van der Waals surface area contributed by atoms with Crippen LogP contribution in [-0.4, -0.2) is 33.1 Å². The summed E-state index contributed by atoms with van der Waals surface area (Å²) < 4.78 is 10.1. The number of phenols is 1. The molecule has 0 saturated carbocycles. The molecule has 4 heteroatoms. The zero-order chi connectivity index (χ0) is 10.6. The van der Waals surface area contributed by atoms with Gasteiger partial charge in [-0.05, 0) is 12.1 Å². The highest BCUT2D eigenvalue weighted by Gasteiger charge is 2.10. The normalized spacial score (nSPS) is 9.93. The van der Waals surface area contributed by atoms with Crippen molar-refractivity contribution >= 4 is 5.69 Å². The molecule has 78 valence electrons. The Morgan fingerprint density at radius 3 is 2.64 bits per heavy atom. The number of hydrogen-bond donors (Lipinski definition) is 1. The van der Waals surface area contributed by atoms with Crippen LogP contribution < -0.4 is 9.64 Å². The fourth-order valence-electron chi connectivity index (χ4n) is 1.20. The van der Waals surface area contributed by atoms with Gasteiger partial charge in [0.05, 0.1) is 0 Å². The molecule has 0 aliphatic rings. The van der Waals surface area contributed by atoms with Crippen LogP contribution in [0.3, 0.4) is 0 Å². The van der Waals surface area contributed by atoms with Crippen LogP contribution >= 0.6 is 0 Å². The first kappa shape index (κ1) is 10.7. The fraction of sp³-hybridized carbons (Fsp3) is 0.400. The minimum atomic E-state index is 0.171. The van der Waals surface area contributed by atoms with Crippen molar-refractivity contribution in [2.75, 3.05) is 32.9 Å². The van der Waals surface area contributed by atoms with E-state index in [0.717, 1.165) is 0 Å². The number of aromatic hydroxyl groups is 1. The van der Waals surface area contributed by atoms with Gasteiger partial charge in [-0.1, -0.05) is 6.07 Å². The van der Waals surface area contributed by atoms with Crippen LogP contribution in [-0.2, 0) is 4.74 Å². The number of ether oxygens (including phenoxy) is 2. The lowest BCUT2D eigenvalue weighted by Crippen LogP contribution is -2.11. The topological polar surface area (TPSA) is 41.9 Å². The monoisotopic (exact) mass is 197 g/mol. The second-order valence-electron chi connectivity index (χ2n) is 3.07. The maximum absolute atomic E-state index is 9.60. The van der Waals surface area contributed by atoms with E-state index in [1.165, 1.54) is 0 Å². The third-order valence-electron chi connectivity index (χ3n) is 1.76. The molecule has 1 N–H and O–H groups in total. The molecule has 0 aromatic heterocycles. The lowest BCUT2D eigenvalue weighted by Gasteiger charge is -2.18. The van der Waals surface area contributed by atoms with E-state index in [1.54, 1.807) is 30.2 Å². The molecule has 0 fully saturated rings. The van der Waals surface area contributed by atoms with E-state index < -0.39 is 0 Å². The minimum absolute atomic E-state index is 0.171. The molecule has 0 aliphatic heterocycles. The standard InChI is InChI=1S/C10H15NO3/c1-11(2)10-8(12)5-4-6-9(10)14-7-13-3/h4-6,12H,7H2,1-3H3. The van der Waals surface area contributed by atoms with Crippen LogP contribution in [0.5, 0.6) is 11.5 Å². The number of para-hydroxylation sites is 1. The SMILES string of the molecule is COCOc1cccc(O)c1N(C)C. The first-order chi connectivity index (χ1) is 6.66. The average Bonchev–Trinajstić information content (AvgIpc) is 2.14. The molecule has 0 bridgehead atoms. The molecule has 14 heavy (non-hydrogen) atoms. The number of nitrogens with zero attached hydrogens (tertiary/aromatic N) is 1. The van der Waals surface area contributed by atoms with Crippen molar-refractivity contribution in [2.24, 2.45) is 0 Å². The Bertz CT molecular complexity index is 299. The summed E-state index contributed by atoms with van der Waals surface area (Å²) in [7, 11) is 5.24. The highest BCUT2D eigenvalue weighted by atomic mass is 16.7. The molecule has 0 saturated heterocycles. The van der Waals surface area contributed by atoms with Gasteiger partial charge < -0.3 is 19.5 Å². The van der Waals surface area contributed by atoms with E-state index >= 15 is 0 Å². The molecular formula is C10H15NO3. The number of phenolic OH excluding ortho intramolecular Hbond substituents is 1. The molecule has 1 aromatic rings. The molecule has 4 nitrogen and oxygen atoms in total. The highest BCUT2D eigenvalue weighted by Crippen LogP contribution is 2.35. The minimum Gasteiger partial charge on any atom is -0.506 e. The van der Waals surface area contributed by atoms with Gasteiger partial charge in [-0.25, -0.2) is 0 Å². The number of methoxy groups -OCH3 is 1. The van der Waals surface area contributed by atoms with E-state index in [0.29, 0.717) is 11.4 Å². The van der Waals surface area contributed by atoms with Gasteiger partial charge in [0.1, 0.15) is 17.2 Å². The summed E-state index contributed by atoms with van der Waals surface area (Å²) >= 11 is 0. The maximum Gasteiger partial charge on any atom is 0.188 e. The molecule has 0 spiro atoms. The first-order valence-electron chi connectivity index (χ1n) is 4.28. The van der Waals surface area contributed by atoms with Crippen LogP contribution in [0.2, 0.25) is 0 Å². The van der Waals surface area contributed by atoms with Crippen molar-refractivity contribution in [1.29, 1.82) is 0 Å². The average molecular weight is 197 g/mol. The Balaban J connectivity index is 2.96. The van der Waals surface area contributed by atoms with E-state index in [4.69, 9.17) is 9.47 Å². The van der Waals surface area contributed by atoms with E-state index in [-0.39, 0.29) is 12.5 Å². The van der Waals surface area contributed by atoms with Crippen molar-refractivity contribution in [3.05, 3.63) is 18.2 Å². The Morgan fingerprint density at radius 2 is 2.07 bits per heavy atom. The number of rotatable bonds is 4. The Labute approximate surface area is 83.7 Å². The van der Waals surface area contributed by atoms with E-state index in [1.807, 2.05) is 14.1 Å². The van der Waals surface area contributed by atoms with Crippen LogP contribution in [0, 0.1) is 0 Å². The molecule has 0 radical (unpaired) electrons. The Hall–Kier alpha value is -1.42. The molecule has 0 atom stereocenters. The number of hydrogen-bond acceptors (Lipinski definition) is 4. The second-order valence-corrected chi connectivity index (χ2v) is 3.07.